The minimum absolute atomic E-state index is 0.191. The molecular formula is C13H14F4N2O. The van der Waals surface area contributed by atoms with Crippen LogP contribution in [0, 0.1) is 5.82 Å². The Labute approximate surface area is 113 Å². The lowest BCUT2D eigenvalue weighted by Gasteiger charge is -2.31. The van der Waals surface area contributed by atoms with Crippen molar-refractivity contribution in [1.82, 2.24) is 4.90 Å². The molecule has 7 heteroatoms. The zero-order valence-corrected chi connectivity index (χ0v) is 10.6. The Hall–Kier alpha value is -1.63. The van der Waals surface area contributed by atoms with Crippen molar-refractivity contribution < 1.29 is 22.4 Å². The summed E-state index contributed by atoms with van der Waals surface area (Å²) in [5.41, 5.74) is 4.26. The fourth-order valence-electron chi connectivity index (χ4n) is 2.25. The van der Waals surface area contributed by atoms with Crippen LogP contribution in [-0.2, 0) is 6.18 Å². The Kier molecular flexibility index (Phi) is 3.99. The Bertz CT molecular complexity index is 516. The van der Waals surface area contributed by atoms with Gasteiger partial charge in [-0.15, -0.1) is 0 Å². The molecule has 2 rings (SSSR count). The molecule has 3 nitrogen and oxygen atoms in total. The molecule has 0 spiro atoms. The number of alkyl halides is 3. The summed E-state index contributed by atoms with van der Waals surface area (Å²) >= 11 is 0. The highest BCUT2D eigenvalue weighted by molar-refractivity contribution is 5.94. The number of piperidine rings is 1. The lowest BCUT2D eigenvalue weighted by Crippen LogP contribution is -2.45. The molecule has 1 aliphatic rings. The van der Waals surface area contributed by atoms with Crippen molar-refractivity contribution in [2.45, 2.75) is 25.1 Å². The van der Waals surface area contributed by atoms with Gasteiger partial charge in [0.1, 0.15) is 5.82 Å². The number of nitrogens with zero attached hydrogens (tertiary/aromatic N) is 1. The van der Waals surface area contributed by atoms with Crippen molar-refractivity contribution in [3.05, 3.63) is 35.1 Å². The zero-order valence-electron chi connectivity index (χ0n) is 10.6. The zero-order chi connectivity index (χ0) is 14.9. The average molecular weight is 290 g/mol. The topological polar surface area (TPSA) is 46.3 Å². The SMILES string of the molecule is N[C@H]1CCCN(C(=O)c2cc(F)cc(C(F)(F)F)c2)C1. The number of benzene rings is 1. The van der Waals surface area contributed by atoms with E-state index in [0.717, 1.165) is 12.5 Å². The summed E-state index contributed by atoms with van der Waals surface area (Å²) in [6.07, 6.45) is -3.23. The van der Waals surface area contributed by atoms with Gasteiger partial charge in [0, 0.05) is 24.7 Å². The second kappa shape index (κ2) is 5.40. The van der Waals surface area contributed by atoms with Gasteiger partial charge >= 0.3 is 6.18 Å². The predicted molar refractivity (Wildman–Crippen MR) is 64.5 cm³/mol. The first kappa shape index (κ1) is 14.8. The first-order chi connectivity index (χ1) is 9.27. The second-order valence-corrected chi connectivity index (χ2v) is 4.88. The minimum atomic E-state index is -4.69. The van der Waals surface area contributed by atoms with E-state index in [1.807, 2.05) is 0 Å². The summed E-state index contributed by atoms with van der Waals surface area (Å²) in [5, 5.41) is 0. The summed E-state index contributed by atoms with van der Waals surface area (Å²) in [5.74, 6) is -1.70. The van der Waals surface area contributed by atoms with Crippen LogP contribution < -0.4 is 5.73 Å². The van der Waals surface area contributed by atoms with Crippen LogP contribution in [0.2, 0.25) is 0 Å². The Balaban J connectivity index is 2.28. The van der Waals surface area contributed by atoms with E-state index in [2.05, 4.69) is 0 Å². The fraction of sp³-hybridized carbons (Fsp3) is 0.462. The van der Waals surface area contributed by atoms with Crippen molar-refractivity contribution in [1.29, 1.82) is 0 Å². The highest BCUT2D eigenvalue weighted by Gasteiger charge is 2.32. The number of hydrogen-bond donors (Lipinski definition) is 1. The van der Waals surface area contributed by atoms with Crippen LogP contribution in [0.5, 0.6) is 0 Å². The summed E-state index contributed by atoms with van der Waals surface area (Å²) in [4.78, 5) is 13.5. The van der Waals surface area contributed by atoms with Crippen molar-refractivity contribution in [3.8, 4) is 0 Å². The maximum atomic E-state index is 13.3. The Morgan fingerprint density at radius 2 is 2.00 bits per heavy atom. The molecule has 0 bridgehead atoms. The third-order valence-electron chi connectivity index (χ3n) is 3.22. The molecular weight excluding hydrogens is 276 g/mol. The number of amides is 1. The van der Waals surface area contributed by atoms with Gasteiger partial charge in [-0.2, -0.15) is 13.2 Å². The molecule has 2 N–H and O–H groups in total. The van der Waals surface area contributed by atoms with Crippen molar-refractivity contribution >= 4 is 5.91 Å². The van der Waals surface area contributed by atoms with E-state index in [-0.39, 0.29) is 18.2 Å². The highest BCUT2D eigenvalue weighted by Crippen LogP contribution is 2.30. The Morgan fingerprint density at radius 3 is 2.60 bits per heavy atom. The molecule has 1 heterocycles. The van der Waals surface area contributed by atoms with E-state index in [1.165, 1.54) is 4.90 Å². The summed E-state index contributed by atoms with van der Waals surface area (Å²) in [7, 11) is 0. The number of carbonyl (C=O) groups excluding carboxylic acids is 1. The van der Waals surface area contributed by atoms with Gasteiger partial charge < -0.3 is 10.6 Å². The van der Waals surface area contributed by atoms with Gasteiger partial charge in [0.15, 0.2) is 0 Å². The number of halogens is 4. The van der Waals surface area contributed by atoms with Crippen LogP contribution in [0.4, 0.5) is 17.6 Å². The molecule has 1 aliphatic heterocycles. The van der Waals surface area contributed by atoms with Gasteiger partial charge in [-0.05, 0) is 31.0 Å². The van der Waals surface area contributed by atoms with E-state index < -0.39 is 23.5 Å². The molecule has 0 radical (unpaired) electrons. The summed E-state index contributed by atoms with van der Waals surface area (Å²) < 4.78 is 51.1. The average Bonchev–Trinajstić information content (AvgIpc) is 2.36. The Morgan fingerprint density at radius 1 is 1.30 bits per heavy atom. The van der Waals surface area contributed by atoms with Crippen LogP contribution in [0.15, 0.2) is 18.2 Å². The van der Waals surface area contributed by atoms with Crippen LogP contribution >= 0.6 is 0 Å². The lowest BCUT2D eigenvalue weighted by molar-refractivity contribution is -0.137. The quantitative estimate of drug-likeness (QED) is 0.807. The molecule has 0 aromatic heterocycles. The molecule has 0 aliphatic carbocycles. The summed E-state index contributed by atoms with van der Waals surface area (Å²) in [6, 6.07) is 1.67. The largest absolute Gasteiger partial charge is 0.416 e. The maximum Gasteiger partial charge on any atom is 0.416 e. The van der Waals surface area contributed by atoms with Crippen LogP contribution in [0.3, 0.4) is 0 Å². The van der Waals surface area contributed by atoms with Crippen LogP contribution in [0.1, 0.15) is 28.8 Å². The molecule has 20 heavy (non-hydrogen) atoms. The number of carbonyl (C=O) groups is 1. The lowest BCUT2D eigenvalue weighted by atomic mass is 10.0. The van der Waals surface area contributed by atoms with Crippen molar-refractivity contribution in [2.75, 3.05) is 13.1 Å². The van der Waals surface area contributed by atoms with E-state index in [9.17, 15) is 22.4 Å². The standard InChI is InChI=1S/C13H14F4N2O/c14-10-5-8(4-9(6-10)13(15,16)17)12(20)19-3-1-2-11(18)7-19/h4-6,11H,1-3,7,18H2/t11-/m0/s1. The van der Waals surface area contributed by atoms with E-state index >= 15 is 0 Å². The number of nitrogens with two attached hydrogens (primary N) is 1. The molecule has 1 atom stereocenters. The fourth-order valence-corrected chi connectivity index (χ4v) is 2.25. The highest BCUT2D eigenvalue weighted by atomic mass is 19.4. The second-order valence-electron chi connectivity index (χ2n) is 4.88. The molecule has 1 saturated heterocycles. The number of hydrogen-bond acceptors (Lipinski definition) is 2. The van der Waals surface area contributed by atoms with Gasteiger partial charge in [-0.1, -0.05) is 0 Å². The number of likely N-dealkylation sites (tertiary alicyclic amines) is 1. The molecule has 0 unspecified atom stereocenters. The normalized spacial score (nSPS) is 20.1. The van der Waals surface area contributed by atoms with Gasteiger partial charge in [0.2, 0.25) is 0 Å². The third-order valence-corrected chi connectivity index (χ3v) is 3.22. The van der Waals surface area contributed by atoms with E-state index in [1.54, 1.807) is 0 Å². The van der Waals surface area contributed by atoms with Gasteiger partial charge in [-0.25, -0.2) is 4.39 Å². The predicted octanol–water partition coefficient (Wildman–Crippen LogP) is 2.41. The smallest absolute Gasteiger partial charge is 0.337 e. The first-order valence-electron chi connectivity index (χ1n) is 6.20. The molecule has 1 aromatic carbocycles. The van der Waals surface area contributed by atoms with Gasteiger partial charge in [0.25, 0.3) is 5.91 Å². The third kappa shape index (κ3) is 3.27. The molecule has 1 amide bonds. The first-order valence-corrected chi connectivity index (χ1v) is 6.20. The van der Waals surface area contributed by atoms with Crippen LogP contribution in [0.25, 0.3) is 0 Å². The van der Waals surface area contributed by atoms with E-state index in [0.29, 0.717) is 25.1 Å². The van der Waals surface area contributed by atoms with Gasteiger partial charge in [0.05, 0.1) is 5.56 Å². The van der Waals surface area contributed by atoms with Gasteiger partial charge in [-0.3, -0.25) is 4.79 Å². The van der Waals surface area contributed by atoms with E-state index in [4.69, 9.17) is 5.73 Å². The molecule has 0 saturated carbocycles. The minimum Gasteiger partial charge on any atom is -0.337 e. The van der Waals surface area contributed by atoms with Crippen molar-refractivity contribution in [2.24, 2.45) is 5.73 Å². The van der Waals surface area contributed by atoms with Crippen LogP contribution in [-0.4, -0.2) is 29.9 Å². The number of rotatable bonds is 1. The maximum absolute atomic E-state index is 13.3. The summed E-state index contributed by atoms with van der Waals surface area (Å²) in [6.45, 7) is 0.696. The molecule has 1 fully saturated rings. The molecule has 110 valence electrons. The molecule has 1 aromatic rings. The van der Waals surface area contributed by atoms with Crippen molar-refractivity contribution in [3.63, 3.8) is 0 Å². The monoisotopic (exact) mass is 290 g/mol.